The summed E-state index contributed by atoms with van der Waals surface area (Å²) in [5.41, 5.74) is 4.20. The number of aromatic carboxylic acids is 1. The molecule has 140 valence electrons. The van der Waals surface area contributed by atoms with Crippen LogP contribution in [0.25, 0.3) is 22.0 Å². The first-order valence-electron chi connectivity index (χ1n) is 8.99. The van der Waals surface area contributed by atoms with Crippen LogP contribution in [0.5, 0.6) is 0 Å². The van der Waals surface area contributed by atoms with Crippen LogP contribution >= 0.6 is 0 Å². The van der Waals surface area contributed by atoms with Gasteiger partial charge < -0.3 is 16.4 Å². The van der Waals surface area contributed by atoms with E-state index in [9.17, 15) is 14.7 Å². The first-order valence-corrected chi connectivity index (χ1v) is 8.99. The Morgan fingerprint density at radius 1 is 1.32 bits per heavy atom. The van der Waals surface area contributed by atoms with Crippen molar-refractivity contribution in [2.75, 3.05) is 12.4 Å². The predicted molar refractivity (Wildman–Crippen MR) is 107 cm³/mol. The normalized spacial score (nSPS) is 13.2. The summed E-state index contributed by atoms with van der Waals surface area (Å²) in [6, 6.07) is 5.95. The Balaban J connectivity index is 0.00000150. The van der Waals surface area contributed by atoms with Gasteiger partial charge in [0.2, 0.25) is 5.43 Å². The number of hydrogen-bond acceptors (Lipinski definition) is 4. The van der Waals surface area contributed by atoms with Gasteiger partial charge in [-0.15, -0.1) is 0 Å². The fourth-order valence-corrected chi connectivity index (χ4v) is 3.71. The second-order valence-electron chi connectivity index (χ2n) is 7.09. The van der Waals surface area contributed by atoms with Crippen LogP contribution in [0.15, 0.2) is 35.4 Å². The molecular formula is C21H22N3NaO3. The number of aryl methyl sites for hydroxylation is 2. The number of nitrogens with one attached hydrogen (secondary N) is 1. The van der Waals surface area contributed by atoms with Crippen molar-refractivity contribution in [3.05, 3.63) is 57.5 Å². The van der Waals surface area contributed by atoms with Gasteiger partial charge in [0.15, 0.2) is 0 Å². The molecule has 0 atom stereocenters. The third-order valence-corrected chi connectivity index (χ3v) is 5.24. The van der Waals surface area contributed by atoms with Crippen LogP contribution < -0.4 is 40.3 Å². The Morgan fingerprint density at radius 2 is 2.04 bits per heavy atom. The molecule has 0 unspecified atom stereocenters. The minimum atomic E-state index is -1.18. The van der Waals surface area contributed by atoms with Crippen LogP contribution in [0.4, 0.5) is 5.82 Å². The molecule has 0 aliphatic heterocycles. The van der Waals surface area contributed by atoms with Crippen LogP contribution in [-0.4, -0.2) is 27.7 Å². The molecule has 1 aromatic carbocycles. The van der Waals surface area contributed by atoms with Crippen molar-refractivity contribution in [1.82, 2.24) is 9.55 Å². The number of anilines is 1. The van der Waals surface area contributed by atoms with E-state index in [0.29, 0.717) is 5.39 Å². The van der Waals surface area contributed by atoms with Gasteiger partial charge in [-0.3, -0.25) is 4.79 Å². The number of carboxylic acid groups (broad SMARTS) is 1. The molecule has 1 fully saturated rings. The van der Waals surface area contributed by atoms with Gasteiger partial charge in [-0.2, -0.15) is 0 Å². The fourth-order valence-electron chi connectivity index (χ4n) is 3.71. The zero-order valence-electron chi connectivity index (χ0n) is 17.5. The van der Waals surface area contributed by atoms with E-state index in [1.54, 1.807) is 6.07 Å². The van der Waals surface area contributed by atoms with Gasteiger partial charge in [0.25, 0.3) is 0 Å². The average molecular weight is 387 g/mol. The Morgan fingerprint density at radius 3 is 2.61 bits per heavy atom. The summed E-state index contributed by atoms with van der Waals surface area (Å²) >= 11 is 0. The summed E-state index contributed by atoms with van der Waals surface area (Å²) in [7, 11) is 1.84. The zero-order chi connectivity index (χ0) is 19.3. The summed E-state index contributed by atoms with van der Waals surface area (Å²) in [5, 5.41) is 12.9. The molecule has 6 nitrogen and oxygen atoms in total. The molecule has 7 heteroatoms. The molecular weight excluding hydrogens is 365 g/mol. The van der Waals surface area contributed by atoms with Crippen molar-refractivity contribution in [2.45, 2.75) is 32.7 Å². The zero-order valence-corrected chi connectivity index (χ0v) is 18.5. The molecule has 0 amide bonds. The first-order chi connectivity index (χ1) is 12.9. The molecule has 1 aliphatic carbocycles. The summed E-state index contributed by atoms with van der Waals surface area (Å²) < 4.78 is 1.97. The topological polar surface area (TPSA) is 84.2 Å². The maximum absolute atomic E-state index is 12.7. The molecule has 0 saturated heterocycles. The van der Waals surface area contributed by atoms with E-state index in [1.165, 1.54) is 6.20 Å². The molecule has 2 heterocycles. The standard InChI is InChI=1S/C21H21N3O3.Na.H/c1-11-8-13(9-23-20(11)22-3)15-6-7-16-18(12(15)2)24(14-4-5-14)10-17(19(16)25)21(26)27;;/h6-10,14H,4-5H2,1-3H3,(H,22,23)(H,26,27);;/q;+1;-1. The minimum Gasteiger partial charge on any atom is -1.00 e. The Labute approximate surface area is 186 Å². The van der Waals surface area contributed by atoms with E-state index in [0.717, 1.165) is 46.4 Å². The van der Waals surface area contributed by atoms with Gasteiger partial charge in [-0.25, -0.2) is 9.78 Å². The van der Waals surface area contributed by atoms with Gasteiger partial charge in [0.05, 0.1) is 5.52 Å². The molecule has 0 bridgehead atoms. The second-order valence-corrected chi connectivity index (χ2v) is 7.09. The van der Waals surface area contributed by atoms with E-state index in [1.807, 2.05) is 37.7 Å². The molecule has 1 saturated carbocycles. The molecule has 2 N–H and O–H groups in total. The molecule has 0 spiro atoms. The third kappa shape index (κ3) is 3.36. The van der Waals surface area contributed by atoms with Crippen LogP contribution in [0.1, 0.15) is 41.8 Å². The Bertz CT molecular complexity index is 1160. The number of hydrogen-bond donors (Lipinski definition) is 2. The monoisotopic (exact) mass is 387 g/mol. The van der Waals surface area contributed by atoms with Crippen LogP contribution in [-0.2, 0) is 0 Å². The van der Waals surface area contributed by atoms with Gasteiger partial charge >= 0.3 is 35.5 Å². The van der Waals surface area contributed by atoms with Gasteiger partial charge in [-0.1, -0.05) is 6.07 Å². The molecule has 3 aromatic rings. The van der Waals surface area contributed by atoms with Crippen molar-refractivity contribution in [2.24, 2.45) is 0 Å². The predicted octanol–water partition coefficient (Wildman–Crippen LogP) is 0.872. The number of carboxylic acids is 1. The largest absolute Gasteiger partial charge is 1.00 e. The van der Waals surface area contributed by atoms with E-state index in [2.05, 4.69) is 16.4 Å². The summed E-state index contributed by atoms with van der Waals surface area (Å²) in [5.74, 6) is -0.348. The van der Waals surface area contributed by atoms with Crippen LogP contribution in [0.2, 0.25) is 0 Å². The maximum Gasteiger partial charge on any atom is 1.00 e. The van der Waals surface area contributed by atoms with Crippen molar-refractivity contribution < 1.29 is 40.9 Å². The van der Waals surface area contributed by atoms with Gasteiger partial charge in [0.1, 0.15) is 11.4 Å². The van der Waals surface area contributed by atoms with Crippen LogP contribution in [0, 0.1) is 13.8 Å². The van der Waals surface area contributed by atoms with E-state index >= 15 is 0 Å². The molecule has 4 rings (SSSR count). The molecule has 2 aromatic heterocycles. The summed E-state index contributed by atoms with van der Waals surface area (Å²) in [6.45, 7) is 3.98. The SMILES string of the molecule is CNc1ncc(-c2ccc3c(=O)c(C(=O)O)cn(C4CC4)c3c2C)cc1C.[H-].[Na+]. The molecule has 28 heavy (non-hydrogen) atoms. The van der Waals surface area contributed by atoms with Crippen molar-refractivity contribution in [1.29, 1.82) is 0 Å². The second kappa shape index (κ2) is 7.70. The maximum atomic E-state index is 12.7. The fraction of sp³-hybridized carbons (Fsp3) is 0.286. The van der Waals surface area contributed by atoms with E-state index < -0.39 is 11.4 Å². The van der Waals surface area contributed by atoms with Crippen molar-refractivity contribution in [3.8, 4) is 11.1 Å². The molecule has 1 aliphatic rings. The number of carbonyl (C=O) groups is 1. The van der Waals surface area contributed by atoms with E-state index in [4.69, 9.17) is 0 Å². The van der Waals surface area contributed by atoms with E-state index in [-0.39, 0.29) is 42.6 Å². The number of aromatic nitrogens is 2. The molecule has 0 radical (unpaired) electrons. The van der Waals surface area contributed by atoms with Crippen molar-refractivity contribution >= 4 is 22.7 Å². The van der Waals surface area contributed by atoms with Crippen LogP contribution in [0.3, 0.4) is 0 Å². The summed E-state index contributed by atoms with van der Waals surface area (Å²) in [6.07, 6.45) is 5.32. The Hall–Kier alpha value is -2.15. The number of fused-ring (bicyclic) bond motifs is 1. The number of benzene rings is 1. The number of rotatable bonds is 4. The van der Waals surface area contributed by atoms with Gasteiger partial charge in [-0.05, 0) is 55.5 Å². The number of nitrogens with zero attached hydrogens (tertiary/aromatic N) is 2. The smallest absolute Gasteiger partial charge is 1.00 e. The Kier molecular flexibility index (Phi) is 5.66. The summed E-state index contributed by atoms with van der Waals surface area (Å²) in [4.78, 5) is 28.7. The number of pyridine rings is 2. The first kappa shape index (κ1) is 20.6. The third-order valence-electron chi connectivity index (χ3n) is 5.24. The van der Waals surface area contributed by atoms with Gasteiger partial charge in [0, 0.05) is 36.4 Å². The minimum absolute atomic E-state index is 0. The quantitative estimate of drug-likeness (QED) is 0.649. The average Bonchev–Trinajstić information content (AvgIpc) is 3.47. The van der Waals surface area contributed by atoms with Crippen molar-refractivity contribution in [3.63, 3.8) is 0 Å².